The Labute approximate surface area is 138 Å². The van der Waals surface area contributed by atoms with E-state index in [1.165, 1.54) is 25.3 Å². The second-order valence-corrected chi connectivity index (χ2v) is 4.57. The molecule has 1 rings (SSSR count). The van der Waals surface area contributed by atoms with E-state index >= 15 is 0 Å². The highest BCUT2D eigenvalue weighted by atomic mass is 32.1. The van der Waals surface area contributed by atoms with Gasteiger partial charge in [0.25, 0.3) is 11.8 Å². The maximum atomic E-state index is 12.0. The Balaban J connectivity index is 2.54. The normalized spacial score (nSPS) is 9.65. The number of ether oxygens (including phenoxy) is 2. The van der Waals surface area contributed by atoms with Crippen LogP contribution in [0.15, 0.2) is 24.3 Å². The van der Waals surface area contributed by atoms with E-state index in [-0.39, 0.29) is 22.8 Å². The molecule has 2 amide bonds. The van der Waals surface area contributed by atoms with Gasteiger partial charge in [-0.3, -0.25) is 25.8 Å². The Morgan fingerprint density at radius 2 is 1.87 bits per heavy atom. The van der Waals surface area contributed by atoms with Crippen molar-refractivity contribution in [1.82, 2.24) is 16.2 Å². The van der Waals surface area contributed by atoms with Crippen molar-refractivity contribution in [3.8, 4) is 0 Å². The fourth-order valence-corrected chi connectivity index (χ4v) is 1.61. The van der Waals surface area contributed by atoms with Gasteiger partial charge >= 0.3 is 5.97 Å². The first-order chi connectivity index (χ1) is 11.0. The van der Waals surface area contributed by atoms with Crippen LogP contribution in [0.4, 0.5) is 0 Å². The lowest BCUT2D eigenvalue weighted by Crippen LogP contribution is -2.49. The number of amides is 2. The van der Waals surface area contributed by atoms with Gasteiger partial charge in [-0.25, -0.2) is 4.79 Å². The summed E-state index contributed by atoms with van der Waals surface area (Å²) in [6, 6.07) is 5.95. The third-order valence-corrected chi connectivity index (χ3v) is 2.73. The van der Waals surface area contributed by atoms with E-state index in [2.05, 4.69) is 20.9 Å². The maximum Gasteiger partial charge on any atom is 0.337 e. The van der Waals surface area contributed by atoms with E-state index in [0.29, 0.717) is 6.61 Å². The molecule has 23 heavy (non-hydrogen) atoms. The molecule has 0 unspecified atom stereocenters. The number of methoxy groups -OCH3 is 1. The van der Waals surface area contributed by atoms with Crippen molar-refractivity contribution in [2.75, 3.05) is 20.3 Å². The fraction of sp³-hybridized carbons (Fsp3) is 0.286. The minimum absolute atomic E-state index is 0.0941. The fourth-order valence-electron chi connectivity index (χ4n) is 1.47. The van der Waals surface area contributed by atoms with Gasteiger partial charge in [0, 0.05) is 12.2 Å². The smallest absolute Gasteiger partial charge is 0.337 e. The number of hydrogen-bond donors (Lipinski definition) is 3. The summed E-state index contributed by atoms with van der Waals surface area (Å²) in [6.07, 6.45) is 0. The lowest BCUT2D eigenvalue weighted by molar-refractivity contribution is -0.126. The van der Waals surface area contributed by atoms with Gasteiger partial charge in [-0.1, -0.05) is 6.07 Å². The topological polar surface area (TPSA) is 106 Å². The van der Waals surface area contributed by atoms with Gasteiger partial charge in [-0.05, 0) is 37.3 Å². The summed E-state index contributed by atoms with van der Waals surface area (Å²) < 4.78 is 9.48. The monoisotopic (exact) mass is 339 g/mol. The first kappa shape index (κ1) is 18.5. The highest BCUT2D eigenvalue weighted by Crippen LogP contribution is 2.06. The number of carbonyl (C=O) groups is 3. The number of hydrazine groups is 1. The zero-order valence-corrected chi connectivity index (χ0v) is 13.5. The average Bonchev–Trinajstić information content (AvgIpc) is 2.57. The Hall–Kier alpha value is -2.52. The van der Waals surface area contributed by atoms with E-state index in [1.54, 1.807) is 13.0 Å². The van der Waals surface area contributed by atoms with Gasteiger partial charge in [0.2, 0.25) is 0 Å². The van der Waals surface area contributed by atoms with Crippen LogP contribution in [0.3, 0.4) is 0 Å². The third-order valence-electron chi connectivity index (χ3n) is 2.53. The lowest BCUT2D eigenvalue weighted by Gasteiger charge is -2.11. The molecule has 0 saturated carbocycles. The van der Waals surface area contributed by atoms with Gasteiger partial charge in [0.05, 0.1) is 12.7 Å². The summed E-state index contributed by atoms with van der Waals surface area (Å²) in [5.41, 5.74) is 5.10. The van der Waals surface area contributed by atoms with Crippen LogP contribution in [0, 0.1) is 0 Å². The molecule has 0 aliphatic carbocycles. The van der Waals surface area contributed by atoms with Crippen molar-refractivity contribution in [2.45, 2.75) is 6.92 Å². The van der Waals surface area contributed by atoms with E-state index in [1.807, 2.05) is 0 Å². The van der Waals surface area contributed by atoms with Crippen LogP contribution in [0.1, 0.15) is 27.6 Å². The highest BCUT2D eigenvalue weighted by Gasteiger charge is 2.12. The van der Waals surface area contributed by atoms with Gasteiger partial charge < -0.3 is 9.47 Å². The molecule has 0 spiro atoms. The molecule has 3 N–H and O–H groups in total. The van der Waals surface area contributed by atoms with Gasteiger partial charge in [-0.15, -0.1) is 0 Å². The maximum absolute atomic E-state index is 12.0. The van der Waals surface area contributed by atoms with Gasteiger partial charge in [-0.2, -0.15) is 0 Å². The zero-order chi connectivity index (χ0) is 17.2. The Bertz CT molecular complexity index is 606. The van der Waals surface area contributed by atoms with Crippen LogP contribution in [0.25, 0.3) is 0 Å². The largest absolute Gasteiger partial charge is 0.465 e. The molecule has 0 aromatic heterocycles. The summed E-state index contributed by atoms with van der Waals surface area (Å²) in [5, 5.41) is 2.27. The third kappa shape index (κ3) is 6.41. The van der Waals surface area contributed by atoms with Crippen molar-refractivity contribution in [1.29, 1.82) is 0 Å². The predicted molar refractivity (Wildman–Crippen MR) is 85.6 cm³/mol. The molecule has 0 aliphatic rings. The highest BCUT2D eigenvalue weighted by molar-refractivity contribution is 7.80. The van der Waals surface area contributed by atoms with Crippen molar-refractivity contribution < 1.29 is 23.9 Å². The van der Waals surface area contributed by atoms with E-state index in [0.717, 1.165) is 0 Å². The number of carbonyl (C=O) groups excluding carboxylic acids is 3. The molecule has 1 aromatic carbocycles. The number of esters is 1. The minimum Gasteiger partial charge on any atom is -0.465 e. The summed E-state index contributed by atoms with van der Waals surface area (Å²) in [4.78, 5) is 34.7. The number of rotatable bonds is 5. The molecule has 0 aliphatic heterocycles. The van der Waals surface area contributed by atoms with Crippen LogP contribution in [0.5, 0.6) is 0 Å². The molecular formula is C14H17N3O5S. The number of benzene rings is 1. The number of thiocarbonyl (C=S) groups is 1. The van der Waals surface area contributed by atoms with E-state index < -0.39 is 17.8 Å². The molecule has 124 valence electrons. The molecule has 0 fully saturated rings. The van der Waals surface area contributed by atoms with Crippen molar-refractivity contribution in [2.24, 2.45) is 0 Å². The van der Waals surface area contributed by atoms with Crippen LogP contribution < -0.4 is 16.2 Å². The van der Waals surface area contributed by atoms with Crippen LogP contribution >= 0.6 is 12.2 Å². The van der Waals surface area contributed by atoms with E-state index in [4.69, 9.17) is 17.0 Å². The summed E-state index contributed by atoms with van der Waals surface area (Å²) in [5.74, 6) is -1.52. The molecule has 8 nitrogen and oxygen atoms in total. The predicted octanol–water partition coefficient (Wildman–Crippen LogP) is 0.145. The van der Waals surface area contributed by atoms with Crippen molar-refractivity contribution in [3.05, 3.63) is 35.4 Å². The molecule has 0 radical (unpaired) electrons. The van der Waals surface area contributed by atoms with Crippen LogP contribution in [0.2, 0.25) is 0 Å². The number of nitrogens with one attached hydrogen (secondary N) is 3. The van der Waals surface area contributed by atoms with Gasteiger partial charge in [0.1, 0.15) is 6.61 Å². The second kappa shape index (κ2) is 9.49. The SMILES string of the molecule is CCOCC(=O)NNC(=S)NC(=O)c1cccc(C(=O)OC)c1. The molecule has 1 aromatic rings. The molecule has 0 saturated heterocycles. The Morgan fingerprint density at radius 3 is 2.52 bits per heavy atom. The summed E-state index contributed by atoms with van der Waals surface area (Å²) in [7, 11) is 1.25. The molecular weight excluding hydrogens is 322 g/mol. The standard InChI is InChI=1S/C14H17N3O5S/c1-3-22-8-11(18)16-17-14(23)15-12(19)9-5-4-6-10(7-9)13(20)21-2/h4-7H,3,8H2,1-2H3,(H,16,18)(H2,15,17,19,23). The molecule has 0 bridgehead atoms. The lowest BCUT2D eigenvalue weighted by atomic mass is 10.1. The molecule has 0 heterocycles. The number of hydrogen-bond acceptors (Lipinski definition) is 6. The molecule has 0 atom stereocenters. The van der Waals surface area contributed by atoms with Crippen molar-refractivity contribution >= 4 is 35.1 Å². The Morgan fingerprint density at radius 1 is 1.17 bits per heavy atom. The summed E-state index contributed by atoms with van der Waals surface area (Å²) >= 11 is 4.88. The molecule has 9 heteroatoms. The Kier molecular flexibility index (Phi) is 7.64. The average molecular weight is 339 g/mol. The first-order valence-corrected chi connectivity index (χ1v) is 7.05. The van der Waals surface area contributed by atoms with Crippen LogP contribution in [-0.2, 0) is 14.3 Å². The quantitative estimate of drug-likeness (QED) is 0.398. The van der Waals surface area contributed by atoms with Crippen LogP contribution in [-0.4, -0.2) is 43.2 Å². The minimum atomic E-state index is -0.552. The second-order valence-electron chi connectivity index (χ2n) is 4.17. The summed E-state index contributed by atoms with van der Waals surface area (Å²) in [6.45, 7) is 2.04. The zero-order valence-electron chi connectivity index (χ0n) is 12.7. The van der Waals surface area contributed by atoms with Gasteiger partial charge in [0.15, 0.2) is 5.11 Å². The van der Waals surface area contributed by atoms with E-state index in [9.17, 15) is 14.4 Å². The van der Waals surface area contributed by atoms with Crippen molar-refractivity contribution in [3.63, 3.8) is 0 Å². The first-order valence-electron chi connectivity index (χ1n) is 6.64.